The quantitative estimate of drug-likeness (QED) is 0.155. The number of ether oxygens (including phenoxy) is 1. The van der Waals surface area contributed by atoms with Gasteiger partial charge in [-0.15, -0.1) is 0 Å². The van der Waals surface area contributed by atoms with Gasteiger partial charge in [0.1, 0.15) is 5.75 Å². The van der Waals surface area contributed by atoms with Crippen LogP contribution in [0.5, 0.6) is 5.75 Å². The number of nitro benzene ring substituents is 1. The summed E-state index contributed by atoms with van der Waals surface area (Å²) in [6, 6.07) is 17.8. The number of fused-ring (bicyclic) bond motifs is 1. The molecule has 10 heteroatoms. The van der Waals surface area contributed by atoms with Crippen molar-refractivity contribution in [2.75, 3.05) is 11.9 Å². The number of aryl methyl sites for hydroxylation is 2. The van der Waals surface area contributed by atoms with Gasteiger partial charge < -0.3 is 14.1 Å². The first kappa shape index (κ1) is 24.4. The van der Waals surface area contributed by atoms with Crippen LogP contribution in [0.2, 0.25) is 0 Å². The lowest BCUT2D eigenvalue weighted by molar-refractivity contribution is -0.384. The van der Waals surface area contributed by atoms with E-state index in [2.05, 4.69) is 0 Å². The van der Waals surface area contributed by atoms with Gasteiger partial charge in [-0.2, -0.15) is 0 Å². The molecule has 36 heavy (non-hydrogen) atoms. The fraction of sp³-hybridized carbons (Fsp3) is 0.192. The van der Waals surface area contributed by atoms with Gasteiger partial charge in [-0.25, -0.2) is 4.79 Å². The summed E-state index contributed by atoms with van der Waals surface area (Å²) in [6.45, 7) is 2.14. The number of nitrogens with zero attached hydrogens (tertiary/aromatic N) is 3. The minimum absolute atomic E-state index is 0.0413. The van der Waals surface area contributed by atoms with Gasteiger partial charge in [-0.05, 0) is 55.8 Å². The second-order valence-corrected chi connectivity index (χ2v) is 8.23. The molecule has 0 saturated carbocycles. The van der Waals surface area contributed by atoms with E-state index in [0.717, 1.165) is 5.56 Å². The normalized spacial score (nSPS) is 10.8. The number of aromatic nitrogens is 1. The monoisotopic (exact) mass is 489 g/mol. The van der Waals surface area contributed by atoms with Crippen LogP contribution in [0.1, 0.15) is 28.8 Å². The zero-order valence-corrected chi connectivity index (χ0v) is 19.7. The van der Waals surface area contributed by atoms with Gasteiger partial charge in [0.2, 0.25) is 0 Å². The molecular weight excluding hydrogens is 466 g/mol. The summed E-state index contributed by atoms with van der Waals surface area (Å²) in [6.07, 6.45) is 0.343. The van der Waals surface area contributed by atoms with Crippen LogP contribution in [0.15, 0.2) is 75.9 Å². The highest BCUT2D eigenvalue weighted by Gasteiger charge is 2.16. The van der Waals surface area contributed by atoms with Crippen LogP contribution in [0.25, 0.3) is 11.1 Å². The molecule has 0 aliphatic carbocycles. The summed E-state index contributed by atoms with van der Waals surface area (Å²) in [5, 5.41) is 10.9. The fourth-order valence-corrected chi connectivity index (χ4v) is 3.69. The number of amides is 1. The Morgan fingerprint density at radius 2 is 1.75 bits per heavy atom. The van der Waals surface area contributed by atoms with Crippen molar-refractivity contribution < 1.29 is 23.7 Å². The van der Waals surface area contributed by atoms with Crippen LogP contribution in [-0.2, 0) is 11.3 Å². The van der Waals surface area contributed by atoms with Crippen LogP contribution in [-0.4, -0.2) is 28.4 Å². The summed E-state index contributed by atoms with van der Waals surface area (Å²) in [5.74, 6) is -0.961. The molecule has 0 radical (unpaired) electrons. The van der Waals surface area contributed by atoms with Crippen LogP contribution >= 0.6 is 0 Å². The standard InChI is InChI=1S/C26H23N3O7/c1-17-5-7-18(8-6-17)25(31)27(2)19-9-12-21(13-10-19)35-24(30)4-3-15-28-22-14-11-20(29(33)34)16-23(22)36-26(28)32/h5-14,16H,3-4,15H2,1-2H3. The second-order valence-electron chi connectivity index (χ2n) is 8.23. The van der Waals surface area contributed by atoms with Gasteiger partial charge in [0.15, 0.2) is 5.58 Å². The molecule has 0 aliphatic heterocycles. The van der Waals surface area contributed by atoms with E-state index in [0.29, 0.717) is 28.9 Å². The molecule has 0 bridgehead atoms. The van der Waals surface area contributed by atoms with E-state index in [1.54, 1.807) is 43.4 Å². The van der Waals surface area contributed by atoms with Crippen molar-refractivity contribution in [3.05, 3.63) is 98.5 Å². The molecule has 0 unspecified atom stereocenters. The predicted octanol–water partition coefficient (Wildman–Crippen LogP) is 4.47. The molecule has 4 rings (SSSR count). The van der Waals surface area contributed by atoms with Gasteiger partial charge in [0.25, 0.3) is 11.6 Å². The molecule has 1 heterocycles. The van der Waals surface area contributed by atoms with Crippen LogP contribution < -0.4 is 15.4 Å². The minimum Gasteiger partial charge on any atom is -0.427 e. The Labute approximate surface area is 205 Å². The average molecular weight is 489 g/mol. The highest BCUT2D eigenvalue weighted by molar-refractivity contribution is 6.05. The number of anilines is 1. The van der Waals surface area contributed by atoms with Crippen molar-refractivity contribution >= 4 is 34.4 Å². The third-order valence-corrected chi connectivity index (χ3v) is 5.68. The molecule has 0 spiro atoms. The maximum atomic E-state index is 12.7. The van der Waals surface area contributed by atoms with E-state index in [9.17, 15) is 24.5 Å². The molecule has 0 aliphatic rings. The number of nitro groups is 1. The van der Waals surface area contributed by atoms with Gasteiger partial charge in [0, 0.05) is 37.3 Å². The molecule has 4 aromatic rings. The summed E-state index contributed by atoms with van der Waals surface area (Å²) < 4.78 is 11.8. The second kappa shape index (κ2) is 10.3. The number of benzene rings is 3. The van der Waals surface area contributed by atoms with Gasteiger partial charge in [-0.1, -0.05) is 17.7 Å². The Balaban J connectivity index is 1.32. The smallest absolute Gasteiger partial charge is 0.419 e. The number of hydrogen-bond donors (Lipinski definition) is 0. The van der Waals surface area contributed by atoms with Crippen LogP contribution in [0, 0.1) is 17.0 Å². The van der Waals surface area contributed by atoms with E-state index in [4.69, 9.17) is 9.15 Å². The first-order valence-electron chi connectivity index (χ1n) is 11.2. The molecule has 1 aromatic heterocycles. The zero-order valence-electron chi connectivity index (χ0n) is 19.7. The molecule has 184 valence electrons. The zero-order chi connectivity index (χ0) is 25.8. The first-order chi connectivity index (χ1) is 17.2. The number of esters is 1. The number of oxazole rings is 1. The molecule has 10 nitrogen and oxygen atoms in total. The van der Waals surface area contributed by atoms with Crippen molar-refractivity contribution in [1.29, 1.82) is 0 Å². The number of carbonyl (C=O) groups is 2. The van der Waals surface area contributed by atoms with E-state index in [1.807, 2.05) is 19.1 Å². The maximum Gasteiger partial charge on any atom is 0.419 e. The van der Waals surface area contributed by atoms with E-state index in [-0.39, 0.29) is 30.1 Å². The van der Waals surface area contributed by atoms with E-state index in [1.165, 1.54) is 27.7 Å². The Kier molecular flexibility index (Phi) is 6.95. The number of non-ortho nitro benzene ring substituents is 1. The van der Waals surface area contributed by atoms with E-state index >= 15 is 0 Å². The largest absolute Gasteiger partial charge is 0.427 e. The van der Waals surface area contributed by atoms with Crippen molar-refractivity contribution in [2.24, 2.45) is 0 Å². The summed E-state index contributed by atoms with van der Waals surface area (Å²) in [7, 11) is 1.67. The first-order valence-corrected chi connectivity index (χ1v) is 11.2. The fourth-order valence-electron chi connectivity index (χ4n) is 3.69. The summed E-state index contributed by atoms with van der Waals surface area (Å²) in [5.41, 5.74) is 2.63. The number of carbonyl (C=O) groups excluding carboxylic acids is 2. The number of rotatable bonds is 8. The van der Waals surface area contributed by atoms with Crippen molar-refractivity contribution in [1.82, 2.24) is 4.57 Å². The van der Waals surface area contributed by atoms with Crippen LogP contribution in [0.4, 0.5) is 11.4 Å². The van der Waals surface area contributed by atoms with Crippen LogP contribution in [0.3, 0.4) is 0 Å². The Hall–Kier alpha value is -4.73. The lowest BCUT2D eigenvalue weighted by Gasteiger charge is -2.18. The van der Waals surface area contributed by atoms with Gasteiger partial charge in [0.05, 0.1) is 16.5 Å². The molecule has 0 N–H and O–H groups in total. The Morgan fingerprint density at radius 1 is 1.06 bits per heavy atom. The molecular formula is C26H23N3O7. The SMILES string of the molecule is Cc1ccc(C(=O)N(C)c2ccc(OC(=O)CCCn3c(=O)oc4cc([N+](=O)[O-])ccc43)cc2)cc1. The minimum atomic E-state index is -0.654. The molecule has 1 amide bonds. The summed E-state index contributed by atoms with van der Waals surface area (Å²) in [4.78, 5) is 48.9. The Morgan fingerprint density at radius 3 is 2.42 bits per heavy atom. The highest BCUT2D eigenvalue weighted by Crippen LogP contribution is 2.22. The Bertz CT molecular complexity index is 1490. The highest BCUT2D eigenvalue weighted by atomic mass is 16.6. The lowest BCUT2D eigenvalue weighted by atomic mass is 10.1. The van der Waals surface area contributed by atoms with Gasteiger partial charge >= 0.3 is 11.7 Å². The van der Waals surface area contributed by atoms with Crippen molar-refractivity contribution in [3.63, 3.8) is 0 Å². The third kappa shape index (κ3) is 5.33. The predicted molar refractivity (Wildman–Crippen MR) is 132 cm³/mol. The molecule has 0 atom stereocenters. The molecule has 3 aromatic carbocycles. The average Bonchev–Trinajstić information content (AvgIpc) is 3.18. The number of hydrogen-bond acceptors (Lipinski definition) is 7. The van der Waals surface area contributed by atoms with Crippen molar-refractivity contribution in [3.8, 4) is 5.75 Å². The molecule has 0 saturated heterocycles. The maximum absolute atomic E-state index is 12.7. The topological polar surface area (TPSA) is 125 Å². The van der Waals surface area contributed by atoms with E-state index < -0.39 is 16.6 Å². The molecule has 0 fully saturated rings. The lowest BCUT2D eigenvalue weighted by Crippen LogP contribution is -2.26. The van der Waals surface area contributed by atoms with Crippen molar-refractivity contribution in [2.45, 2.75) is 26.3 Å². The third-order valence-electron chi connectivity index (χ3n) is 5.68. The summed E-state index contributed by atoms with van der Waals surface area (Å²) >= 11 is 0. The van der Waals surface area contributed by atoms with Gasteiger partial charge in [-0.3, -0.25) is 24.3 Å².